The summed E-state index contributed by atoms with van der Waals surface area (Å²) in [5.74, 6) is 0. The number of nitrogens with one attached hydrogen (secondary N) is 2. The van der Waals surface area contributed by atoms with Gasteiger partial charge in [-0.05, 0) is 32.2 Å². The minimum absolute atomic E-state index is 0.253. The van der Waals surface area contributed by atoms with Gasteiger partial charge in [-0.1, -0.05) is 6.58 Å². The van der Waals surface area contributed by atoms with Crippen molar-refractivity contribution in [2.45, 2.75) is 13.0 Å². The molecule has 0 saturated heterocycles. The summed E-state index contributed by atoms with van der Waals surface area (Å²) in [6.07, 6.45) is 1.96. The van der Waals surface area contributed by atoms with Crippen molar-refractivity contribution in [1.29, 1.82) is 5.26 Å². The van der Waals surface area contributed by atoms with Gasteiger partial charge in [-0.3, -0.25) is 0 Å². The van der Waals surface area contributed by atoms with Crippen molar-refractivity contribution in [2.24, 2.45) is 0 Å². The van der Waals surface area contributed by atoms with Crippen molar-refractivity contribution in [2.75, 3.05) is 25.5 Å². The number of nitrogens with zero attached hydrogens (tertiary/aromatic N) is 3. The monoisotopic (exact) mass is 269 g/mol. The lowest BCUT2D eigenvalue weighted by atomic mass is 10.1. The highest BCUT2D eigenvalue weighted by molar-refractivity contribution is 5.81. The second kappa shape index (κ2) is 5.76. The van der Waals surface area contributed by atoms with Crippen LogP contribution in [-0.2, 0) is 0 Å². The molecule has 1 atom stereocenters. The number of anilines is 1. The fourth-order valence-electron chi connectivity index (χ4n) is 2.20. The quantitative estimate of drug-likeness (QED) is 0.866. The van der Waals surface area contributed by atoms with Crippen LogP contribution in [0.5, 0.6) is 0 Å². The number of fused-ring (bicyclic) bond motifs is 1. The SMILES string of the molecule is C=C1C=C(NC(C)CNC)c2nc(C#N)ccc2N1C. The van der Waals surface area contributed by atoms with Crippen LogP contribution < -0.4 is 15.5 Å². The van der Waals surface area contributed by atoms with E-state index in [1.54, 1.807) is 6.07 Å². The lowest BCUT2D eigenvalue weighted by Gasteiger charge is -2.30. The van der Waals surface area contributed by atoms with E-state index < -0.39 is 0 Å². The van der Waals surface area contributed by atoms with E-state index in [9.17, 15) is 0 Å². The molecule has 0 spiro atoms. The van der Waals surface area contributed by atoms with E-state index in [2.05, 4.69) is 35.2 Å². The zero-order chi connectivity index (χ0) is 14.7. The van der Waals surface area contributed by atoms with Crippen molar-refractivity contribution < 1.29 is 0 Å². The molecule has 5 nitrogen and oxygen atoms in total. The van der Waals surface area contributed by atoms with Crippen LogP contribution in [-0.4, -0.2) is 31.7 Å². The highest BCUT2D eigenvalue weighted by Gasteiger charge is 2.21. The molecule has 5 heteroatoms. The molecule has 0 bridgehead atoms. The predicted octanol–water partition coefficient (Wildman–Crippen LogP) is 1.46. The standard InChI is InChI=1S/C15H19N5/c1-10(9-17-3)18-13-7-11(2)20(4)14-6-5-12(8-16)19-15(13)14/h5-7,10,17-18H,2,9H2,1,3-4H3. The first-order chi connectivity index (χ1) is 9.56. The Balaban J connectivity index is 2.40. The van der Waals surface area contributed by atoms with Crippen LogP contribution >= 0.6 is 0 Å². The smallest absolute Gasteiger partial charge is 0.141 e. The second-order valence-electron chi connectivity index (χ2n) is 4.89. The second-order valence-corrected chi connectivity index (χ2v) is 4.89. The Labute approximate surface area is 119 Å². The van der Waals surface area contributed by atoms with E-state index in [4.69, 9.17) is 5.26 Å². The molecule has 0 aromatic carbocycles. The molecular formula is C15H19N5. The lowest BCUT2D eigenvalue weighted by Crippen LogP contribution is -2.35. The van der Waals surface area contributed by atoms with E-state index in [0.29, 0.717) is 5.69 Å². The van der Waals surface area contributed by atoms with Crippen molar-refractivity contribution in [1.82, 2.24) is 15.6 Å². The van der Waals surface area contributed by atoms with Crippen LogP contribution in [0.4, 0.5) is 5.69 Å². The van der Waals surface area contributed by atoms with Gasteiger partial charge in [-0.25, -0.2) is 4.98 Å². The molecule has 104 valence electrons. The van der Waals surface area contributed by atoms with Gasteiger partial charge >= 0.3 is 0 Å². The minimum atomic E-state index is 0.253. The summed E-state index contributed by atoms with van der Waals surface area (Å²) in [4.78, 5) is 6.39. The van der Waals surface area contributed by atoms with Gasteiger partial charge in [0.05, 0.1) is 11.4 Å². The van der Waals surface area contributed by atoms with Gasteiger partial charge in [0.2, 0.25) is 0 Å². The molecule has 0 fully saturated rings. The van der Waals surface area contributed by atoms with Crippen molar-refractivity contribution in [3.05, 3.63) is 41.9 Å². The normalized spacial score (nSPS) is 15.2. The Hall–Kier alpha value is -2.32. The van der Waals surface area contributed by atoms with Crippen LogP contribution in [0.1, 0.15) is 18.3 Å². The summed E-state index contributed by atoms with van der Waals surface area (Å²) in [6.45, 7) is 6.97. The molecule has 2 heterocycles. The molecule has 1 aliphatic rings. The Morgan fingerprint density at radius 3 is 2.90 bits per heavy atom. The summed E-state index contributed by atoms with van der Waals surface area (Å²) in [5.41, 5.74) is 3.96. The summed E-state index contributed by atoms with van der Waals surface area (Å²) in [7, 11) is 3.86. The zero-order valence-electron chi connectivity index (χ0n) is 12.1. The molecule has 0 radical (unpaired) electrons. The first-order valence-corrected chi connectivity index (χ1v) is 6.53. The zero-order valence-corrected chi connectivity index (χ0v) is 12.1. The average molecular weight is 269 g/mol. The molecule has 0 aliphatic carbocycles. The first-order valence-electron chi connectivity index (χ1n) is 6.53. The molecule has 1 aromatic heterocycles. The van der Waals surface area contributed by atoms with Crippen molar-refractivity contribution in [3.8, 4) is 6.07 Å². The van der Waals surface area contributed by atoms with Gasteiger partial charge in [0.25, 0.3) is 0 Å². The Morgan fingerprint density at radius 2 is 2.25 bits per heavy atom. The highest BCUT2D eigenvalue weighted by atomic mass is 15.1. The molecule has 2 rings (SSSR count). The molecular weight excluding hydrogens is 250 g/mol. The number of likely N-dealkylation sites (N-methyl/N-ethyl adjacent to an activating group) is 2. The third kappa shape index (κ3) is 2.65. The number of aromatic nitrogens is 1. The third-order valence-corrected chi connectivity index (χ3v) is 3.26. The molecule has 1 aliphatic heterocycles. The summed E-state index contributed by atoms with van der Waals surface area (Å²) < 4.78 is 0. The molecule has 1 unspecified atom stereocenters. The summed E-state index contributed by atoms with van der Waals surface area (Å²) >= 11 is 0. The summed E-state index contributed by atoms with van der Waals surface area (Å²) in [5, 5.41) is 15.6. The van der Waals surface area contributed by atoms with Gasteiger partial charge in [0, 0.05) is 25.3 Å². The summed E-state index contributed by atoms with van der Waals surface area (Å²) in [6, 6.07) is 5.97. The molecule has 2 N–H and O–H groups in total. The fourth-order valence-corrected chi connectivity index (χ4v) is 2.20. The van der Waals surface area contributed by atoms with Gasteiger partial charge in [0.15, 0.2) is 0 Å². The van der Waals surface area contributed by atoms with E-state index in [1.807, 2.05) is 31.1 Å². The maximum absolute atomic E-state index is 9.02. The van der Waals surface area contributed by atoms with Gasteiger partial charge in [-0.15, -0.1) is 0 Å². The molecule has 1 aromatic rings. The Bertz CT molecular complexity index is 597. The molecule has 20 heavy (non-hydrogen) atoms. The Morgan fingerprint density at radius 1 is 1.50 bits per heavy atom. The first kappa shape index (κ1) is 14.1. The van der Waals surface area contributed by atoms with E-state index in [0.717, 1.165) is 29.3 Å². The van der Waals surface area contributed by atoms with Crippen LogP contribution in [0.2, 0.25) is 0 Å². The molecule has 0 amide bonds. The fraction of sp³-hybridized carbons (Fsp3) is 0.333. The lowest BCUT2D eigenvalue weighted by molar-refractivity contribution is 0.601. The van der Waals surface area contributed by atoms with E-state index in [-0.39, 0.29) is 6.04 Å². The minimum Gasteiger partial charge on any atom is -0.379 e. The number of rotatable bonds is 4. The topological polar surface area (TPSA) is 64.0 Å². The third-order valence-electron chi connectivity index (χ3n) is 3.26. The largest absolute Gasteiger partial charge is 0.379 e. The Kier molecular flexibility index (Phi) is 4.06. The predicted molar refractivity (Wildman–Crippen MR) is 81.0 cm³/mol. The van der Waals surface area contributed by atoms with Crippen molar-refractivity contribution >= 4 is 11.4 Å². The number of allylic oxidation sites excluding steroid dienone is 1. The van der Waals surface area contributed by atoms with Crippen LogP contribution in [0, 0.1) is 11.3 Å². The average Bonchev–Trinajstić information content (AvgIpc) is 2.44. The van der Waals surface area contributed by atoms with Gasteiger partial charge in [0.1, 0.15) is 17.5 Å². The van der Waals surface area contributed by atoms with Gasteiger partial charge < -0.3 is 15.5 Å². The maximum Gasteiger partial charge on any atom is 0.141 e. The van der Waals surface area contributed by atoms with Crippen LogP contribution in [0.3, 0.4) is 0 Å². The highest BCUT2D eigenvalue weighted by Crippen LogP contribution is 2.31. The van der Waals surface area contributed by atoms with E-state index in [1.165, 1.54) is 0 Å². The maximum atomic E-state index is 9.02. The number of nitriles is 1. The van der Waals surface area contributed by atoms with Crippen LogP contribution in [0.25, 0.3) is 5.70 Å². The van der Waals surface area contributed by atoms with E-state index >= 15 is 0 Å². The number of hydrogen-bond acceptors (Lipinski definition) is 5. The number of pyridine rings is 1. The molecule has 0 saturated carbocycles. The van der Waals surface area contributed by atoms with Crippen molar-refractivity contribution in [3.63, 3.8) is 0 Å². The van der Waals surface area contributed by atoms with Gasteiger partial charge in [-0.2, -0.15) is 5.26 Å². The number of hydrogen-bond donors (Lipinski definition) is 2. The van der Waals surface area contributed by atoms with Crippen LogP contribution in [0.15, 0.2) is 30.5 Å².